The number of benzene rings is 2. The molecule has 30 heavy (non-hydrogen) atoms. The highest BCUT2D eigenvalue weighted by Gasteiger charge is 2.19. The first kappa shape index (κ1) is 20.2. The first-order valence-corrected chi connectivity index (χ1v) is 9.93. The van der Waals surface area contributed by atoms with E-state index in [-0.39, 0.29) is 12.5 Å². The zero-order valence-corrected chi connectivity index (χ0v) is 17.2. The second-order valence-corrected chi connectivity index (χ2v) is 7.49. The van der Waals surface area contributed by atoms with E-state index in [2.05, 4.69) is 16.5 Å². The molecule has 0 spiro atoms. The maximum Gasteiger partial charge on any atom is 0.234 e. The van der Waals surface area contributed by atoms with Crippen LogP contribution >= 0.6 is 0 Å². The summed E-state index contributed by atoms with van der Waals surface area (Å²) in [6.07, 6.45) is 1.14. The van der Waals surface area contributed by atoms with E-state index in [1.165, 1.54) is 0 Å². The first-order chi connectivity index (χ1) is 14.5. The van der Waals surface area contributed by atoms with Gasteiger partial charge in [0.1, 0.15) is 24.2 Å². The van der Waals surface area contributed by atoms with Gasteiger partial charge >= 0.3 is 0 Å². The Morgan fingerprint density at radius 3 is 2.83 bits per heavy atom. The van der Waals surface area contributed by atoms with Crippen molar-refractivity contribution in [2.45, 2.75) is 6.10 Å². The summed E-state index contributed by atoms with van der Waals surface area (Å²) >= 11 is 0. The van der Waals surface area contributed by atoms with Crippen LogP contribution in [0.2, 0.25) is 0 Å². The summed E-state index contributed by atoms with van der Waals surface area (Å²) in [6.45, 7) is 2.15. The molecule has 0 radical (unpaired) electrons. The van der Waals surface area contributed by atoms with Crippen molar-refractivity contribution in [1.29, 1.82) is 0 Å². The summed E-state index contributed by atoms with van der Waals surface area (Å²) in [4.78, 5) is 13.4. The van der Waals surface area contributed by atoms with Crippen molar-refractivity contribution in [1.82, 2.24) is 20.0 Å². The third kappa shape index (κ3) is 4.55. The van der Waals surface area contributed by atoms with Crippen molar-refractivity contribution in [3.63, 3.8) is 0 Å². The number of nitrogens with zero attached hydrogens (tertiary/aromatic N) is 3. The van der Waals surface area contributed by atoms with Crippen LogP contribution in [0.1, 0.15) is 0 Å². The van der Waals surface area contributed by atoms with E-state index in [0.29, 0.717) is 31.1 Å². The Bertz CT molecular complexity index is 1050. The van der Waals surface area contributed by atoms with Crippen molar-refractivity contribution in [2.75, 3.05) is 39.9 Å². The molecular formula is C22H26N4O4. The van der Waals surface area contributed by atoms with Gasteiger partial charge in [-0.05, 0) is 29.3 Å². The Morgan fingerprint density at radius 2 is 2.03 bits per heavy atom. The van der Waals surface area contributed by atoms with Crippen LogP contribution in [0.3, 0.4) is 0 Å². The molecule has 1 saturated heterocycles. The molecule has 158 valence electrons. The van der Waals surface area contributed by atoms with Gasteiger partial charge in [-0.2, -0.15) is 5.10 Å². The molecule has 1 amide bonds. The number of piperazine rings is 1. The SMILES string of the molecule is COc1cc(OCC(O)CN2CCNC(=O)C2)cc(-c2ccc3cnn(C)c3c2)c1. The highest BCUT2D eigenvalue weighted by molar-refractivity contribution is 5.84. The average Bonchev–Trinajstić information content (AvgIpc) is 3.12. The molecule has 0 bridgehead atoms. The number of aliphatic hydroxyl groups excluding tert-OH is 1. The summed E-state index contributed by atoms with van der Waals surface area (Å²) in [5.41, 5.74) is 3.02. The zero-order chi connectivity index (χ0) is 21.1. The molecule has 1 atom stereocenters. The Hall–Kier alpha value is -3.10. The molecule has 1 aromatic heterocycles. The Labute approximate surface area is 175 Å². The predicted octanol–water partition coefficient (Wildman–Crippen LogP) is 1.42. The van der Waals surface area contributed by atoms with Crippen molar-refractivity contribution in [2.24, 2.45) is 7.05 Å². The minimum atomic E-state index is -0.698. The quantitative estimate of drug-likeness (QED) is 0.613. The van der Waals surface area contributed by atoms with Crippen molar-refractivity contribution in [3.05, 3.63) is 42.6 Å². The lowest BCUT2D eigenvalue weighted by molar-refractivity contribution is -0.124. The van der Waals surface area contributed by atoms with E-state index in [9.17, 15) is 9.90 Å². The first-order valence-electron chi connectivity index (χ1n) is 9.93. The molecule has 1 fully saturated rings. The number of rotatable bonds is 7. The van der Waals surface area contributed by atoms with Gasteiger partial charge in [0.15, 0.2) is 0 Å². The molecule has 0 aliphatic carbocycles. The molecule has 1 unspecified atom stereocenters. The average molecular weight is 410 g/mol. The lowest BCUT2D eigenvalue weighted by atomic mass is 10.0. The van der Waals surface area contributed by atoms with Crippen LogP contribution < -0.4 is 14.8 Å². The van der Waals surface area contributed by atoms with Crippen LogP contribution in [0.15, 0.2) is 42.6 Å². The monoisotopic (exact) mass is 410 g/mol. The minimum absolute atomic E-state index is 0.0165. The van der Waals surface area contributed by atoms with Crippen molar-refractivity contribution >= 4 is 16.8 Å². The number of amides is 1. The lowest BCUT2D eigenvalue weighted by Crippen LogP contribution is -2.50. The molecule has 2 heterocycles. The molecular weight excluding hydrogens is 384 g/mol. The maximum atomic E-state index is 11.5. The summed E-state index contributed by atoms with van der Waals surface area (Å²) in [5.74, 6) is 1.27. The zero-order valence-electron chi connectivity index (χ0n) is 17.2. The fourth-order valence-corrected chi connectivity index (χ4v) is 3.65. The van der Waals surface area contributed by atoms with Crippen LogP contribution in [-0.2, 0) is 11.8 Å². The highest BCUT2D eigenvalue weighted by atomic mass is 16.5. The molecule has 4 rings (SSSR count). The Kier molecular flexibility index (Phi) is 5.87. The topological polar surface area (TPSA) is 88.8 Å². The van der Waals surface area contributed by atoms with E-state index in [0.717, 1.165) is 28.6 Å². The van der Waals surface area contributed by atoms with Gasteiger partial charge < -0.3 is 19.9 Å². The van der Waals surface area contributed by atoms with E-state index in [1.807, 2.05) is 47.1 Å². The second-order valence-electron chi connectivity index (χ2n) is 7.49. The van der Waals surface area contributed by atoms with E-state index in [4.69, 9.17) is 9.47 Å². The number of aryl methyl sites for hydroxylation is 1. The van der Waals surface area contributed by atoms with Crippen LogP contribution in [-0.4, -0.2) is 71.7 Å². The third-order valence-electron chi connectivity index (χ3n) is 5.23. The van der Waals surface area contributed by atoms with Gasteiger partial charge in [0.2, 0.25) is 5.91 Å². The number of aliphatic hydroxyl groups is 1. The van der Waals surface area contributed by atoms with Gasteiger partial charge in [0.05, 0.1) is 25.4 Å². The Morgan fingerprint density at radius 1 is 1.20 bits per heavy atom. The molecule has 8 nitrogen and oxygen atoms in total. The normalized spacial score (nSPS) is 15.8. The smallest absolute Gasteiger partial charge is 0.234 e. The number of aromatic nitrogens is 2. The highest BCUT2D eigenvalue weighted by Crippen LogP contribution is 2.31. The van der Waals surface area contributed by atoms with Gasteiger partial charge in [0.25, 0.3) is 0 Å². The minimum Gasteiger partial charge on any atom is -0.497 e. The number of nitrogens with one attached hydrogen (secondary N) is 1. The summed E-state index contributed by atoms with van der Waals surface area (Å²) in [6, 6.07) is 11.8. The summed E-state index contributed by atoms with van der Waals surface area (Å²) < 4.78 is 13.1. The fraction of sp³-hybridized carbons (Fsp3) is 0.364. The molecule has 2 N–H and O–H groups in total. The number of hydrogen-bond acceptors (Lipinski definition) is 6. The maximum absolute atomic E-state index is 11.5. The molecule has 1 aliphatic heterocycles. The van der Waals surface area contributed by atoms with Crippen molar-refractivity contribution in [3.8, 4) is 22.6 Å². The number of carbonyl (C=O) groups is 1. The largest absolute Gasteiger partial charge is 0.497 e. The Balaban J connectivity index is 1.48. The van der Waals surface area contributed by atoms with Gasteiger partial charge in [-0.15, -0.1) is 0 Å². The van der Waals surface area contributed by atoms with Gasteiger partial charge in [-0.1, -0.05) is 12.1 Å². The number of carbonyl (C=O) groups excluding carboxylic acids is 1. The van der Waals surface area contributed by atoms with Gasteiger partial charge in [-0.3, -0.25) is 14.4 Å². The van der Waals surface area contributed by atoms with E-state index in [1.54, 1.807) is 13.2 Å². The molecule has 1 aliphatic rings. The standard InChI is InChI=1S/C22H26N4O4/c1-25-21-9-15(3-4-16(21)11-24-25)17-7-19(29-2)10-20(8-17)30-14-18(27)12-26-6-5-23-22(28)13-26/h3-4,7-11,18,27H,5-6,12-14H2,1-2H3,(H,23,28). The molecule has 3 aromatic rings. The van der Waals surface area contributed by atoms with Crippen molar-refractivity contribution < 1.29 is 19.4 Å². The molecule has 2 aromatic carbocycles. The molecule has 0 saturated carbocycles. The van der Waals surface area contributed by atoms with Crippen LogP contribution in [0.4, 0.5) is 0 Å². The molecule has 8 heteroatoms. The fourth-order valence-electron chi connectivity index (χ4n) is 3.65. The van der Waals surface area contributed by atoms with Gasteiger partial charge in [-0.25, -0.2) is 0 Å². The van der Waals surface area contributed by atoms with Gasteiger partial charge in [0, 0.05) is 38.1 Å². The van der Waals surface area contributed by atoms with Crippen LogP contribution in [0.25, 0.3) is 22.0 Å². The number of methoxy groups -OCH3 is 1. The number of hydrogen-bond donors (Lipinski definition) is 2. The second kappa shape index (κ2) is 8.73. The third-order valence-corrected chi connectivity index (χ3v) is 5.23. The van der Waals surface area contributed by atoms with Crippen LogP contribution in [0, 0.1) is 0 Å². The summed E-state index contributed by atoms with van der Waals surface area (Å²) in [5, 5.41) is 18.5. The number of β-amino-alcohol motifs (C(OH)–C–C–N with tert-alkyl or cyclic N) is 1. The summed E-state index contributed by atoms with van der Waals surface area (Å²) in [7, 11) is 3.53. The predicted molar refractivity (Wildman–Crippen MR) is 114 cm³/mol. The van der Waals surface area contributed by atoms with Crippen LogP contribution in [0.5, 0.6) is 11.5 Å². The lowest BCUT2D eigenvalue weighted by Gasteiger charge is -2.28. The number of fused-ring (bicyclic) bond motifs is 1. The number of ether oxygens (including phenoxy) is 2. The van der Waals surface area contributed by atoms with E-state index >= 15 is 0 Å². The van der Waals surface area contributed by atoms with E-state index < -0.39 is 6.10 Å².